The maximum atomic E-state index is 12.7. The Morgan fingerprint density at radius 1 is 0.426 bits per heavy atom. The highest BCUT2D eigenvalue weighted by atomic mass is 16.6. The van der Waals surface area contributed by atoms with E-state index in [1.807, 2.05) is 0 Å². The zero-order valence-electron chi connectivity index (χ0n) is 36.2. The number of carbonyl (C=O) groups excluding carboxylic acids is 2. The van der Waals surface area contributed by atoms with Crippen molar-refractivity contribution in [3.63, 3.8) is 0 Å². The molecule has 1 unspecified atom stereocenters. The molecule has 0 N–H and O–H groups in total. The lowest BCUT2D eigenvalue weighted by Crippen LogP contribution is -2.30. The molecule has 0 aromatic heterocycles. The van der Waals surface area contributed by atoms with E-state index in [0.717, 1.165) is 64.2 Å². The van der Waals surface area contributed by atoms with Crippen LogP contribution in [0.3, 0.4) is 0 Å². The van der Waals surface area contributed by atoms with Gasteiger partial charge in [0.05, 0.1) is 6.61 Å². The van der Waals surface area contributed by atoms with E-state index in [9.17, 15) is 9.59 Å². The van der Waals surface area contributed by atoms with Crippen LogP contribution in [0.15, 0.2) is 36.5 Å². The second kappa shape index (κ2) is 45.5. The van der Waals surface area contributed by atoms with E-state index < -0.39 is 6.10 Å². The summed E-state index contributed by atoms with van der Waals surface area (Å²) in [5, 5.41) is 0. The van der Waals surface area contributed by atoms with Crippen LogP contribution in [0.4, 0.5) is 0 Å². The van der Waals surface area contributed by atoms with Crippen molar-refractivity contribution in [2.75, 3.05) is 19.8 Å². The standard InChI is InChI=1S/C49H90O5/c1-4-7-10-13-16-19-22-24-26-29-32-35-38-41-44-52-45-47(54-49(51)43-40-37-34-31-27-21-18-15-12-9-6-3)46-53-48(50)42-39-36-33-30-28-25-23-20-17-14-11-8-5-2/h7,10,16,19,24,26,47H,4-6,8-9,11-15,17-18,20-23,25,27-46H2,1-3H3/b10-7-,19-16-,26-24-. The molecule has 0 fully saturated rings. The molecule has 0 aliphatic carbocycles. The summed E-state index contributed by atoms with van der Waals surface area (Å²) in [6, 6.07) is 0. The molecule has 0 rings (SSSR count). The molecule has 0 aromatic rings. The van der Waals surface area contributed by atoms with Crippen LogP contribution in [-0.4, -0.2) is 37.9 Å². The summed E-state index contributed by atoms with van der Waals surface area (Å²) in [4.78, 5) is 25.2. The molecule has 0 spiro atoms. The Morgan fingerprint density at radius 3 is 1.33 bits per heavy atom. The Morgan fingerprint density at radius 2 is 0.833 bits per heavy atom. The van der Waals surface area contributed by atoms with Crippen molar-refractivity contribution in [2.24, 2.45) is 0 Å². The van der Waals surface area contributed by atoms with Gasteiger partial charge in [-0.25, -0.2) is 0 Å². The topological polar surface area (TPSA) is 61.8 Å². The van der Waals surface area contributed by atoms with E-state index in [1.165, 1.54) is 141 Å². The molecule has 0 aliphatic heterocycles. The van der Waals surface area contributed by atoms with Gasteiger partial charge >= 0.3 is 11.9 Å². The summed E-state index contributed by atoms with van der Waals surface area (Å²) >= 11 is 0. The Bertz CT molecular complexity index is 862. The largest absolute Gasteiger partial charge is 0.462 e. The quantitative estimate of drug-likeness (QED) is 0.0352. The number of hydrogen-bond donors (Lipinski definition) is 0. The fraction of sp³-hybridized carbons (Fsp3) is 0.837. The summed E-state index contributed by atoms with van der Waals surface area (Å²) in [6.07, 6.45) is 52.8. The van der Waals surface area contributed by atoms with Gasteiger partial charge in [-0.15, -0.1) is 0 Å². The summed E-state index contributed by atoms with van der Waals surface area (Å²) in [7, 11) is 0. The number of hydrogen-bond acceptors (Lipinski definition) is 5. The molecule has 0 saturated carbocycles. The first-order chi connectivity index (χ1) is 26.6. The summed E-state index contributed by atoms with van der Waals surface area (Å²) in [5.74, 6) is -0.400. The lowest BCUT2D eigenvalue weighted by atomic mass is 10.0. The smallest absolute Gasteiger partial charge is 0.306 e. The monoisotopic (exact) mass is 759 g/mol. The van der Waals surface area contributed by atoms with Gasteiger partial charge in [0.2, 0.25) is 0 Å². The fourth-order valence-corrected chi connectivity index (χ4v) is 6.70. The average molecular weight is 759 g/mol. The van der Waals surface area contributed by atoms with Gasteiger partial charge in [-0.3, -0.25) is 9.59 Å². The second-order valence-corrected chi connectivity index (χ2v) is 15.6. The van der Waals surface area contributed by atoms with Crippen LogP contribution in [0, 0.1) is 0 Å². The van der Waals surface area contributed by atoms with Crippen molar-refractivity contribution in [2.45, 2.75) is 245 Å². The number of rotatable bonds is 43. The van der Waals surface area contributed by atoms with Crippen LogP contribution in [0.5, 0.6) is 0 Å². The SMILES string of the molecule is CC/C=C\C/C=C\C/C=C\CCCCCCOCC(COC(=O)CCCCCCCCCCCCCCC)OC(=O)CCCCCCCCCCCCC. The molecule has 0 heterocycles. The molecule has 5 nitrogen and oxygen atoms in total. The van der Waals surface area contributed by atoms with Gasteiger partial charge in [0.1, 0.15) is 6.61 Å². The molecule has 0 aliphatic rings. The summed E-state index contributed by atoms with van der Waals surface area (Å²) in [5.41, 5.74) is 0. The third-order valence-corrected chi connectivity index (χ3v) is 10.2. The van der Waals surface area contributed by atoms with E-state index in [2.05, 4.69) is 57.2 Å². The Kier molecular flexibility index (Phi) is 43.9. The zero-order chi connectivity index (χ0) is 39.3. The van der Waals surface area contributed by atoms with E-state index in [0.29, 0.717) is 19.4 Å². The molecule has 5 heteroatoms. The summed E-state index contributed by atoms with van der Waals surface area (Å²) < 4.78 is 17.3. The molecule has 316 valence electrons. The third kappa shape index (κ3) is 42.9. The second-order valence-electron chi connectivity index (χ2n) is 15.6. The molecule has 0 amide bonds. The van der Waals surface area contributed by atoms with Gasteiger partial charge in [-0.05, 0) is 51.4 Å². The predicted octanol–water partition coefficient (Wildman–Crippen LogP) is 15.4. The minimum Gasteiger partial charge on any atom is -0.462 e. The highest BCUT2D eigenvalue weighted by molar-refractivity contribution is 5.70. The molecule has 1 atom stereocenters. The van der Waals surface area contributed by atoms with Crippen molar-refractivity contribution in [1.82, 2.24) is 0 Å². The molecule has 0 aromatic carbocycles. The van der Waals surface area contributed by atoms with Crippen molar-refractivity contribution in [1.29, 1.82) is 0 Å². The predicted molar refractivity (Wildman–Crippen MR) is 233 cm³/mol. The first-order valence-electron chi connectivity index (χ1n) is 23.5. The number of unbranched alkanes of at least 4 members (excludes halogenated alkanes) is 26. The first kappa shape index (κ1) is 52.1. The van der Waals surface area contributed by atoms with Crippen LogP contribution in [0.1, 0.15) is 239 Å². The first-order valence-corrected chi connectivity index (χ1v) is 23.5. The number of ether oxygens (including phenoxy) is 3. The van der Waals surface area contributed by atoms with Crippen LogP contribution in [0.25, 0.3) is 0 Å². The Hall–Kier alpha value is -1.88. The average Bonchev–Trinajstić information content (AvgIpc) is 3.17. The fourth-order valence-electron chi connectivity index (χ4n) is 6.70. The van der Waals surface area contributed by atoms with Gasteiger partial charge in [-0.2, -0.15) is 0 Å². The molecule has 0 radical (unpaired) electrons. The number of esters is 2. The van der Waals surface area contributed by atoms with Crippen LogP contribution < -0.4 is 0 Å². The van der Waals surface area contributed by atoms with Gasteiger partial charge in [0.15, 0.2) is 6.10 Å². The minimum absolute atomic E-state index is 0.0816. The highest BCUT2D eigenvalue weighted by Gasteiger charge is 2.17. The van der Waals surface area contributed by atoms with Crippen LogP contribution in [0.2, 0.25) is 0 Å². The van der Waals surface area contributed by atoms with E-state index in [4.69, 9.17) is 14.2 Å². The van der Waals surface area contributed by atoms with Gasteiger partial charge in [0, 0.05) is 19.4 Å². The van der Waals surface area contributed by atoms with Crippen molar-refractivity contribution in [3.05, 3.63) is 36.5 Å². The lowest BCUT2D eigenvalue weighted by molar-refractivity contribution is -0.163. The third-order valence-electron chi connectivity index (χ3n) is 10.2. The number of allylic oxidation sites excluding steroid dienone is 6. The minimum atomic E-state index is -0.539. The van der Waals surface area contributed by atoms with Crippen molar-refractivity contribution in [3.8, 4) is 0 Å². The van der Waals surface area contributed by atoms with Gasteiger partial charge in [-0.1, -0.05) is 211 Å². The molecular formula is C49H90O5. The molecule has 0 saturated heterocycles. The normalized spacial score (nSPS) is 12.4. The maximum Gasteiger partial charge on any atom is 0.306 e. The van der Waals surface area contributed by atoms with Crippen molar-refractivity contribution >= 4 is 11.9 Å². The highest BCUT2D eigenvalue weighted by Crippen LogP contribution is 2.15. The molecular weight excluding hydrogens is 669 g/mol. The zero-order valence-corrected chi connectivity index (χ0v) is 36.2. The van der Waals surface area contributed by atoms with Gasteiger partial charge < -0.3 is 14.2 Å². The summed E-state index contributed by atoms with van der Waals surface area (Å²) in [6.45, 7) is 7.69. The van der Waals surface area contributed by atoms with Crippen molar-refractivity contribution < 1.29 is 23.8 Å². The van der Waals surface area contributed by atoms with E-state index >= 15 is 0 Å². The molecule has 54 heavy (non-hydrogen) atoms. The molecule has 0 bridgehead atoms. The number of carbonyl (C=O) groups is 2. The van der Waals surface area contributed by atoms with Crippen LogP contribution >= 0.6 is 0 Å². The lowest BCUT2D eigenvalue weighted by Gasteiger charge is -2.18. The Labute approximate surface area is 336 Å². The van der Waals surface area contributed by atoms with E-state index in [1.54, 1.807) is 0 Å². The maximum absolute atomic E-state index is 12.7. The van der Waals surface area contributed by atoms with Gasteiger partial charge in [0.25, 0.3) is 0 Å². The van der Waals surface area contributed by atoms with E-state index in [-0.39, 0.29) is 25.2 Å². The van der Waals surface area contributed by atoms with Crippen LogP contribution in [-0.2, 0) is 23.8 Å². The Balaban J connectivity index is 4.26.